The number of carbonyl (C=O) groups excluding carboxylic acids is 2. The number of benzene rings is 3. The van der Waals surface area contributed by atoms with Crippen molar-refractivity contribution in [3.8, 4) is 5.75 Å². The zero-order valence-electron chi connectivity index (χ0n) is 18.3. The van der Waals surface area contributed by atoms with Crippen LogP contribution in [-0.4, -0.2) is 31.5 Å². The van der Waals surface area contributed by atoms with E-state index in [9.17, 15) is 9.59 Å². The van der Waals surface area contributed by atoms with Gasteiger partial charge in [0, 0.05) is 23.5 Å². The Morgan fingerprint density at radius 3 is 2.41 bits per heavy atom. The standard InChI is InChI=1S/C26H29N3O3/c1-2-27-26(31)21-11-6-12-23(18-21)29-25(30)19-28-22-13-15-24(16-14-22)32-17-7-10-20-8-4-3-5-9-20/h3-6,8-9,11-16,18,28H,2,7,10,17,19H2,1H3,(H,27,31)(H,29,30). The Morgan fingerprint density at radius 2 is 1.66 bits per heavy atom. The Bertz CT molecular complexity index is 1000. The summed E-state index contributed by atoms with van der Waals surface area (Å²) >= 11 is 0. The van der Waals surface area contributed by atoms with Crippen LogP contribution in [0.3, 0.4) is 0 Å². The number of rotatable bonds is 11. The van der Waals surface area contributed by atoms with Crippen molar-refractivity contribution in [2.24, 2.45) is 0 Å². The first-order chi connectivity index (χ1) is 15.6. The van der Waals surface area contributed by atoms with Crippen molar-refractivity contribution >= 4 is 23.2 Å². The van der Waals surface area contributed by atoms with Gasteiger partial charge in [0.1, 0.15) is 5.75 Å². The molecule has 0 bridgehead atoms. The zero-order chi connectivity index (χ0) is 22.6. The van der Waals surface area contributed by atoms with Crippen molar-refractivity contribution in [2.45, 2.75) is 19.8 Å². The van der Waals surface area contributed by atoms with Gasteiger partial charge >= 0.3 is 0 Å². The molecule has 166 valence electrons. The molecule has 0 radical (unpaired) electrons. The molecular weight excluding hydrogens is 402 g/mol. The minimum Gasteiger partial charge on any atom is -0.494 e. The highest BCUT2D eigenvalue weighted by Crippen LogP contribution is 2.16. The van der Waals surface area contributed by atoms with E-state index in [-0.39, 0.29) is 18.4 Å². The van der Waals surface area contributed by atoms with E-state index in [0.29, 0.717) is 24.4 Å². The lowest BCUT2D eigenvalue weighted by molar-refractivity contribution is -0.114. The number of amides is 2. The summed E-state index contributed by atoms with van der Waals surface area (Å²) in [6, 6.07) is 24.8. The highest BCUT2D eigenvalue weighted by Gasteiger charge is 2.07. The number of carbonyl (C=O) groups is 2. The molecule has 2 amide bonds. The zero-order valence-corrected chi connectivity index (χ0v) is 18.3. The van der Waals surface area contributed by atoms with Gasteiger partial charge in [-0.1, -0.05) is 36.4 Å². The summed E-state index contributed by atoms with van der Waals surface area (Å²) in [6.45, 7) is 3.18. The Kier molecular flexibility index (Phi) is 8.69. The molecule has 0 heterocycles. The van der Waals surface area contributed by atoms with Crippen LogP contribution in [0.15, 0.2) is 78.9 Å². The summed E-state index contributed by atoms with van der Waals surface area (Å²) in [5.41, 5.74) is 3.23. The molecule has 3 aromatic carbocycles. The van der Waals surface area contributed by atoms with Crippen LogP contribution < -0.4 is 20.7 Å². The van der Waals surface area contributed by atoms with Crippen LogP contribution in [0, 0.1) is 0 Å². The highest BCUT2D eigenvalue weighted by atomic mass is 16.5. The quantitative estimate of drug-likeness (QED) is 0.391. The van der Waals surface area contributed by atoms with Crippen molar-refractivity contribution in [1.29, 1.82) is 0 Å². The van der Waals surface area contributed by atoms with Gasteiger partial charge in [0.2, 0.25) is 5.91 Å². The van der Waals surface area contributed by atoms with Gasteiger partial charge in [-0.25, -0.2) is 0 Å². The van der Waals surface area contributed by atoms with Gasteiger partial charge in [0.25, 0.3) is 5.91 Å². The van der Waals surface area contributed by atoms with Crippen LogP contribution in [0.4, 0.5) is 11.4 Å². The molecule has 0 aliphatic carbocycles. The molecule has 3 N–H and O–H groups in total. The van der Waals surface area contributed by atoms with Crippen molar-refractivity contribution in [3.05, 3.63) is 90.0 Å². The second-order valence-electron chi connectivity index (χ2n) is 7.30. The largest absolute Gasteiger partial charge is 0.494 e. The van der Waals surface area contributed by atoms with E-state index in [1.165, 1.54) is 5.56 Å². The minimum absolute atomic E-state index is 0.114. The van der Waals surface area contributed by atoms with Gasteiger partial charge in [-0.2, -0.15) is 0 Å². The molecule has 32 heavy (non-hydrogen) atoms. The average molecular weight is 432 g/mol. The molecule has 0 aliphatic heterocycles. The lowest BCUT2D eigenvalue weighted by Gasteiger charge is -2.10. The second kappa shape index (κ2) is 12.2. The molecule has 0 fully saturated rings. The first kappa shape index (κ1) is 22.9. The normalized spacial score (nSPS) is 10.3. The van der Waals surface area contributed by atoms with Gasteiger partial charge in [-0.15, -0.1) is 0 Å². The summed E-state index contributed by atoms with van der Waals surface area (Å²) in [4.78, 5) is 24.2. The maximum absolute atomic E-state index is 12.3. The number of aryl methyl sites for hydroxylation is 1. The molecule has 0 aliphatic rings. The fourth-order valence-corrected chi connectivity index (χ4v) is 3.17. The van der Waals surface area contributed by atoms with E-state index in [1.54, 1.807) is 24.3 Å². The predicted octanol–water partition coefficient (Wildman–Crippen LogP) is 4.50. The second-order valence-corrected chi connectivity index (χ2v) is 7.30. The van der Waals surface area contributed by atoms with Crippen LogP contribution >= 0.6 is 0 Å². The SMILES string of the molecule is CCNC(=O)c1cccc(NC(=O)CNc2ccc(OCCCc3ccccc3)cc2)c1. The molecule has 0 saturated carbocycles. The Balaban J connectivity index is 1.39. The third-order valence-electron chi connectivity index (χ3n) is 4.77. The Hall–Kier alpha value is -3.80. The van der Waals surface area contributed by atoms with E-state index in [2.05, 4.69) is 28.1 Å². The van der Waals surface area contributed by atoms with Gasteiger partial charge in [-0.3, -0.25) is 9.59 Å². The highest BCUT2D eigenvalue weighted by molar-refractivity contribution is 5.98. The number of hydrogen-bond donors (Lipinski definition) is 3. The minimum atomic E-state index is -0.195. The van der Waals surface area contributed by atoms with Crippen molar-refractivity contribution in [2.75, 3.05) is 30.3 Å². The number of anilines is 2. The molecule has 0 aromatic heterocycles. The van der Waals surface area contributed by atoms with Crippen molar-refractivity contribution in [3.63, 3.8) is 0 Å². The predicted molar refractivity (Wildman–Crippen MR) is 128 cm³/mol. The first-order valence-electron chi connectivity index (χ1n) is 10.8. The molecule has 0 atom stereocenters. The van der Waals surface area contributed by atoms with Crippen molar-refractivity contribution in [1.82, 2.24) is 5.32 Å². The molecule has 0 unspecified atom stereocenters. The molecule has 3 aromatic rings. The van der Waals surface area contributed by atoms with E-state index in [0.717, 1.165) is 24.3 Å². The van der Waals surface area contributed by atoms with Crippen LogP contribution in [-0.2, 0) is 11.2 Å². The van der Waals surface area contributed by atoms with Crippen LogP contribution in [0.25, 0.3) is 0 Å². The monoisotopic (exact) mass is 431 g/mol. The molecular formula is C26H29N3O3. The third-order valence-corrected chi connectivity index (χ3v) is 4.77. The molecule has 0 saturated heterocycles. The third kappa shape index (κ3) is 7.47. The number of ether oxygens (including phenoxy) is 1. The summed E-state index contributed by atoms with van der Waals surface area (Å²) in [5.74, 6) is 0.443. The maximum Gasteiger partial charge on any atom is 0.251 e. The van der Waals surface area contributed by atoms with E-state index in [4.69, 9.17) is 4.74 Å². The summed E-state index contributed by atoms with van der Waals surface area (Å²) < 4.78 is 5.80. The number of hydrogen-bond acceptors (Lipinski definition) is 4. The molecule has 6 heteroatoms. The van der Waals surface area contributed by atoms with E-state index < -0.39 is 0 Å². The fraction of sp³-hybridized carbons (Fsp3) is 0.231. The lowest BCUT2D eigenvalue weighted by Crippen LogP contribution is -2.24. The van der Waals surface area contributed by atoms with Crippen LogP contribution in [0.2, 0.25) is 0 Å². The Labute approximate surface area is 189 Å². The van der Waals surface area contributed by atoms with Crippen molar-refractivity contribution < 1.29 is 14.3 Å². The summed E-state index contributed by atoms with van der Waals surface area (Å²) in [7, 11) is 0. The smallest absolute Gasteiger partial charge is 0.251 e. The average Bonchev–Trinajstić information content (AvgIpc) is 2.82. The van der Waals surface area contributed by atoms with Crippen LogP contribution in [0.5, 0.6) is 5.75 Å². The number of nitrogens with one attached hydrogen (secondary N) is 3. The fourth-order valence-electron chi connectivity index (χ4n) is 3.17. The van der Waals surface area contributed by atoms with E-state index >= 15 is 0 Å². The first-order valence-corrected chi connectivity index (χ1v) is 10.8. The maximum atomic E-state index is 12.3. The van der Waals surface area contributed by atoms with E-state index in [1.807, 2.05) is 49.4 Å². The lowest BCUT2D eigenvalue weighted by atomic mass is 10.1. The van der Waals surface area contributed by atoms with Gasteiger partial charge in [0.05, 0.1) is 13.2 Å². The Morgan fingerprint density at radius 1 is 0.875 bits per heavy atom. The summed E-state index contributed by atoms with van der Waals surface area (Å²) in [6.07, 6.45) is 1.94. The topological polar surface area (TPSA) is 79.5 Å². The molecule has 0 spiro atoms. The van der Waals surface area contributed by atoms with Gasteiger partial charge < -0.3 is 20.7 Å². The van der Waals surface area contributed by atoms with Gasteiger partial charge in [0.15, 0.2) is 0 Å². The summed E-state index contributed by atoms with van der Waals surface area (Å²) in [5, 5.41) is 8.64. The van der Waals surface area contributed by atoms with Crippen LogP contribution in [0.1, 0.15) is 29.3 Å². The molecule has 3 rings (SSSR count). The molecule has 6 nitrogen and oxygen atoms in total. The van der Waals surface area contributed by atoms with Gasteiger partial charge in [-0.05, 0) is 67.8 Å².